The minimum Gasteiger partial charge on any atom is -0.487 e. The first-order chi connectivity index (χ1) is 7.34. The average molecular weight is 268 g/mol. The van der Waals surface area contributed by atoms with Crippen LogP contribution in [-0.4, -0.2) is 9.02 Å². The first-order valence-corrected chi connectivity index (χ1v) is 5.17. The molecule has 0 saturated heterocycles. The summed E-state index contributed by atoms with van der Waals surface area (Å²) in [6.45, 7) is 0.544. The van der Waals surface area contributed by atoms with E-state index in [1.165, 1.54) is 0 Å². The lowest BCUT2D eigenvalue weighted by atomic mass is 10.3. The van der Waals surface area contributed by atoms with Gasteiger partial charge in [-0.15, -0.1) is 0 Å². The maximum atomic E-state index is 5.55. The van der Waals surface area contributed by atoms with Crippen molar-refractivity contribution in [1.82, 2.24) is 14.4 Å². The number of ether oxygens (including phenoxy) is 1. The van der Waals surface area contributed by atoms with Crippen LogP contribution >= 0.6 is 16.1 Å². The van der Waals surface area contributed by atoms with Gasteiger partial charge in [0.15, 0.2) is 0 Å². The largest absolute Gasteiger partial charge is 0.487 e. The molecule has 1 aliphatic rings. The molecule has 0 saturated carbocycles. The molecule has 2 heterocycles. The molecule has 0 fully saturated rings. The van der Waals surface area contributed by atoms with Crippen LogP contribution in [0.4, 0.5) is 0 Å². The second-order valence-corrected chi connectivity index (χ2v) is 3.71. The van der Waals surface area contributed by atoms with E-state index < -0.39 is 0 Å². The summed E-state index contributed by atoms with van der Waals surface area (Å²) >= 11 is 3.24. The highest BCUT2D eigenvalue weighted by atomic mass is 79.9. The van der Waals surface area contributed by atoms with E-state index in [4.69, 9.17) is 4.74 Å². The van der Waals surface area contributed by atoms with Gasteiger partial charge >= 0.3 is 0 Å². The fourth-order valence-electron chi connectivity index (χ4n) is 1.09. The fourth-order valence-corrected chi connectivity index (χ4v) is 1.31. The monoisotopic (exact) mass is 267 g/mol. The van der Waals surface area contributed by atoms with Gasteiger partial charge in [0.05, 0.1) is 22.3 Å². The molecule has 5 heteroatoms. The number of pyridine rings is 1. The zero-order valence-corrected chi connectivity index (χ0v) is 9.52. The van der Waals surface area contributed by atoms with Gasteiger partial charge in [-0.3, -0.25) is 10.4 Å². The highest BCUT2D eigenvalue weighted by Gasteiger charge is 2.01. The third kappa shape index (κ3) is 2.99. The summed E-state index contributed by atoms with van der Waals surface area (Å²) in [6, 6.07) is 3.86. The lowest BCUT2D eigenvalue weighted by Crippen LogP contribution is -2.21. The number of halogens is 1. The van der Waals surface area contributed by atoms with Crippen molar-refractivity contribution < 1.29 is 4.74 Å². The van der Waals surface area contributed by atoms with Gasteiger partial charge in [-0.25, -0.2) is 4.03 Å². The maximum Gasteiger partial charge on any atom is 0.138 e. The smallest absolute Gasteiger partial charge is 0.138 e. The number of rotatable bonds is 3. The molecule has 1 N–H and O–H groups in total. The van der Waals surface area contributed by atoms with E-state index in [9.17, 15) is 0 Å². The molecule has 0 bridgehead atoms. The highest BCUT2D eigenvalue weighted by molar-refractivity contribution is 9.07. The van der Waals surface area contributed by atoms with Gasteiger partial charge in [0.2, 0.25) is 0 Å². The Morgan fingerprint density at radius 2 is 2.20 bits per heavy atom. The first-order valence-electron chi connectivity index (χ1n) is 4.46. The van der Waals surface area contributed by atoms with Crippen molar-refractivity contribution in [3.05, 3.63) is 54.3 Å². The summed E-state index contributed by atoms with van der Waals surface area (Å²) in [7, 11) is 0. The number of hydrogen-bond acceptors (Lipinski definition) is 4. The molecule has 0 radical (unpaired) electrons. The number of hydrogen-bond donors (Lipinski definition) is 1. The lowest BCUT2D eigenvalue weighted by molar-refractivity contribution is 0.204. The standard InChI is InChI=1S/C10H10BrN3O/c11-14-6-3-10(7-13-14)15-8-9-1-4-12-5-2-9/h1-7,13H,8H2. The van der Waals surface area contributed by atoms with Crippen LogP contribution in [0.25, 0.3) is 0 Å². The Morgan fingerprint density at radius 3 is 2.87 bits per heavy atom. The Kier molecular flexibility index (Phi) is 3.24. The summed E-state index contributed by atoms with van der Waals surface area (Å²) in [4.78, 5) is 3.94. The van der Waals surface area contributed by atoms with Crippen molar-refractivity contribution in [1.29, 1.82) is 0 Å². The molecule has 0 spiro atoms. The summed E-state index contributed by atoms with van der Waals surface area (Å²) in [5.41, 5.74) is 4.03. The van der Waals surface area contributed by atoms with E-state index in [0.717, 1.165) is 11.3 Å². The number of hydrazine groups is 1. The van der Waals surface area contributed by atoms with Crippen molar-refractivity contribution in [3.8, 4) is 0 Å². The van der Waals surface area contributed by atoms with Gasteiger partial charge in [-0.2, -0.15) is 0 Å². The van der Waals surface area contributed by atoms with Crippen molar-refractivity contribution >= 4 is 16.1 Å². The molecule has 0 aliphatic carbocycles. The summed E-state index contributed by atoms with van der Waals surface area (Å²) in [5, 5.41) is 0. The van der Waals surface area contributed by atoms with Crippen molar-refractivity contribution in [2.24, 2.45) is 0 Å². The van der Waals surface area contributed by atoms with E-state index in [-0.39, 0.29) is 0 Å². The van der Waals surface area contributed by atoms with Crippen LogP contribution in [-0.2, 0) is 11.3 Å². The first kappa shape index (κ1) is 10.0. The Morgan fingerprint density at radius 1 is 1.40 bits per heavy atom. The van der Waals surface area contributed by atoms with Gasteiger partial charge in [0.25, 0.3) is 0 Å². The van der Waals surface area contributed by atoms with Gasteiger partial charge in [-0.1, -0.05) is 0 Å². The van der Waals surface area contributed by atoms with Gasteiger partial charge in [0.1, 0.15) is 12.4 Å². The number of nitrogens with zero attached hydrogens (tertiary/aromatic N) is 2. The van der Waals surface area contributed by atoms with Gasteiger partial charge in [-0.05, 0) is 17.7 Å². The van der Waals surface area contributed by atoms with Crippen LogP contribution in [0, 0.1) is 0 Å². The predicted molar refractivity (Wildman–Crippen MR) is 60.2 cm³/mol. The van der Waals surface area contributed by atoms with E-state index in [0.29, 0.717) is 6.61 Å². The van der Waals surface area contributed by atoms with Crippen LogP contribution < -0.4 is 5.43 Å². The molecule has 78 valence electrons. The zero-order chi connectivity index (χ0) is 10.5. The average Bonchev–Trinajstić information content (AvgIpc) is 2.30. The predicted octanol–water partition coefficient (Wildman–Crippen LogP) is 2.08. The highest BCUT2D eigenvalue weighted by Crippen LogP contribution is 2.10. The topological polar surface area (TPSA) is 37.4 Å². The summed E-state index contributed by atoms with van der Waals surface area (Å²) < 4.78 is 7.21. The molecule has 4 nitrogen and oxygen atoms in total. The third-order valence-corrected chi connectivity index (χ3v) is 2.30. The molecule has 0 aromatic carbocycles. The maximum absolute atomic E-state index is 5.55. The lowest BCUT2D eigenvalue weighted by Gasteiger charge is -2.17. The van der Waals surface area contributed by atoms with E-state index in [2.05, 4.69) is 26.6 Å². The number of nitrogens with one attached hydrogen (secondary N) is 1. The SMILES string of the molecule is BrN1C=CC(OCc2ccncc2)=CN1. The normalized spacial score (nSPS) is 14.5. The molecule has 15 heavy (non-hydrogen) atoms. The Balaban J connectivity index is 1.87. The molecule has 0 amide bonds. The Bertz CT molecular complexity index is 378. The minimum absolute atomic E-state index is 0.544. The van der Waals surface area contributed by atoms with Gasteiger partial charge < -0.3 is 4.74 Å². The van der Waals surface area contributed by atoms with E-state index in [1.54, 1.807) is 22.6 Å². The quantitative estimate of drug-likeness (QED) is 0.852. The minimum atomic E-state index is 0.544. The van der Waals surface area contributed by atoms with Crippen LogP contribution in [0.5, 0.6) is 0 Å². The third-order valence-electron chi connectivity index (χ3n) is 1.85. The fraction of sp³-hybridized carbons (Fsp3) is 0.100. The van der Waals surface area contributed by atoms with Crippen LogP contribution in [0.2, 0.25) is 0 Å². The van der Waals surface area contributed by atoms with Crippen LogP contribution in [0.3, 0.4) is 0 Å². The van der Waals surface area contributed by atoms with Crippen LogP contribution in [0.15, 0.2) is 48.8 Å². The Labute approximate surface area is 96.6 Å². The van der Waals surface area contributed by atoms with Crippen molar-refractivity contribution in [2.45, 2.75) is 6.61 Å². The number of aromatic nitrogens is 1. The van der Waals surface area contributed by atoms with Crippen LogP contribution in [0.1, 0.15) is 5.56 Å². The van der Waals surface area contributed by atoms with E-state index >= 15 is 0 Å². The summed E-state index contributed by atoms with van der Waals surface area (Å²) in [5.74, 6) is 0.794. The summed E-state index contributed by atoms with van der Waals surface area (Å²) in [6.07, 6.45) is 8.97. The number of allylic oxidation sites excluding steroid dienone is 1. The molecule has 2 rings (SSSR count). The second-order valence-electron chi connectivity index (χ2n) is 2.95. The molecule has 0 unspecified atom stereocenters. The molecule has 0 atom stereocenters. The van der Waals surface area contributed by atoms with E-state index in [1.807, 2.05) is 24.4 Å². The second kappa shape index (κ2) is 4.84. The molecular weight excluding hydrogens is 258 g/mol. The van der Waals surface area contributed by atoms with Crippen molar-refractivity contribution in [3.63, 3.8) is 0 Å². The molecular formula is C10H10BrN3O. The van der Waals surface area contributed by atoms with Gasteiger partial charge in [0, 0.05) is 24.7 Å². The molecule has 1 aliphatic heterocycles. The molecule has 1 aromatic heterocycles. The zero-order valence-electron chi connectivity index (χ0n) is 7.93. The van der Waals surface area contributed by atoms with Crippen molar-refractivity contribution in [2.75, 3.05) is 0 Å². The molecule has 1 aromatic rings. The Hall–Kier alpha value is -1.49.